The molecule has 0 radical (unpaired) electrons. The van der Waals surface area contributed by atoms with Crippen molar-refractivity contribution in [3.8, 4) is 0 Å². The van der Waals surface area contributed by atoms with Crippen LogP contribution in [-0.2, 0) is 38.6 Å². The van der Waals surface area contributed by atoms with Gasteiger partial charge in [0.25, 0.3) is 0 Å². The third-order valence-corrected chi connectivity index (χ3v) is 7.61. The van der Waals surface area contributed by atoms with Crippen LogP contribution in [0.4, 0.5) is 10.1 Å². The summed E-state index contributed by atoms with van der Waals surface area (Å²) in [5.74, 6) is -3.83. The minimum atomic E-state index is -4.24. The lowest BCUT2D eigenvalue weighted by Crippen LogP contribution is -2.43. The van der Waals surface area contributed by atoms with E-state index in [1.54, 1.807) is 6.92 Å². The lowest BCUT2D eigenvalue weighted by Gasteiger charge is -2.34. The van der Waals surface area contributed by atoms with Gasteiger partial charge in [0.1, 0.15) is 17.2 Å². The maximum Gasteiger partial charge on any atom is 0.338 e. The van der Waals surface area contributed by atoms with Gasteiger partial charge in [-0.15, -0.1) is 0 Å². The average Bonchev–Trinajstić information content (AvgIpc) is 3.25. The summed E-state index contributed by atoms with van der Waals surface area (Å²) in [6, 6.07) is 3.16. The first-order valence-corrected chi connectivity index (χ1v) is 12.0. The first-order chi connectivity index (χ1) is 15.6. The predicted molar refractivity (Wildman–Crippen MR) is 111 cm³/mol. The Morgan fingerprint density at radius 2 is 2.15 bits per heavy atom. The van der Waals surface area contributed by atoms with Crippen molar-refractivity contribution in [3.63, 3.8) is 0 Å². The summed E-state index contributed by atoms with van der Waals surface area (Å²) in [6.07, 6.45) is -1.92. The number of hydrogen-bond donors (Lipinski definition) is 2. The number of anilines is 1. The number of aliphatic hydroxyl groups excluding tert-OH is 1. The second kappa shape index (κ2) is 8.84. The number of rotatable bonds is 6. The molecule has 1 aromatic carbocycles. The van der Waals surface area contributed by atoms with Gasteiger partial charge in [0.15, 0.2) is 18.0 Å². The van der Waals surface area contributed by atoms with Crippen molar-refractivity contribution >= 4 is 39.3 Å². The van der Waals surface area contributed by atoms with Crippen molar-refractivity contribution in [2.45, 2.75) is 49.1 Å². The van der Waals surface area contributed by atoms with Gasteiger partial charge in [0, 0.05) is 6.42 Å². The van der Waals surface area contributed by atoms with Crippen LogP contribution in [0.2, 0.25) is 5.02 Å². The van der Waals surface area contributed by atoms with Crippen LogP contribution in [0.3, 0.4) is 0 Å². The average molecular weight is 506 g/mol. The summed E-state index contributed by atoms with van der Waals surface area (Å²) in [7, 11) is -4.24. The quantitative estimate of drug-likeness (QED) is 0.547. The third-order valence-electron chi connectivity index (χ3n) is 5.55. The van der Waals surface area contributed by atoms with Gasteiger partial charge < -0.3 is 24.1 Å². The minimum absolute atomic E-state index is 0.0148. The zero-order valence-corrected chi connectivity index (χ0v) is 18.9. The first-order valence-electron chi connectivity index (χ1n) is 10.1. The number of esters is 2. The highest BCUT2D eigenvalue weighted by Crippen LogP contribution is 2.44. The number of fused-ring (bicyclic) bond motifs is 1. The standard InChI is InChI=1S/C20H21ClFNO9S/c1-2-29-18(25)11-8-20(31-16-14(9-24)30-19(26)17(16)32-20)6-5-15(11)33(27,28)23-13-4-3-10(22)7-12(13)21/h3-4,7-8,14-17,23-24H,2,5-6,9H2,1H3/t14-,15?,16-,17-,20?/m1/s1. The summed E-state index contributed by atoms with van der Waals surface area (Å²) in [4.78, 5) is 24.7. The second-order valence-corrected chi connectivity index (χ2v) is 9.98. The molecule has 0 aromatic heterocycles. The van der Waals surface area contributed by atoms with Gasteiger partial charge in [-0.3, -0.25) is 4.72 Å². The molecule has 0 amide bonds. The molecule has 180 valence electrons. The summed E-state index contributed by atoms with van der Waals surface area (Å²) >= 11 is 5.94. The number of cyclic esters (lactones) is 1. The Bertz CT molecular complexity index is 1110. The molecule has 33 heavy (non-hydrogen) atoms. The van der Waals surface area contributed by atoms with Crippen molar-refractivity contribution in [3.05, 3.63) is 40.7 Å². The molecule has 2 unspecified atom stereocenters. The maximum atomic E-state index is 13.3. The normalized spacial score (nSPS) is 31.2. The molecule has 0 saturated carbocycles. The van der Waals surface area contributed by atoms with Crippen LogP contribution in [0.5, 0.6) is 0 Å². The number of carbonyl (C=O) groups is 2. The van der Waals surface area contributed by atoms with Gasteiger partial charge >= 0.3 is 11.9 Å². The molecule has 13 heteroatoms. The number of ether oxygens (including phenoxy) is 4. The van der Waals surface area contributed by atoms with Gasteiger partial charge in [-0.25, -0.2) is 22.4 Å². The van der Waals surface area contributed by atoms with E-state index in [0.29, 0.717) is 0 Å². The molecule has 1 spiro atoms. The van der Waals surface area contributed by atoms with Crippen molar-refractivity contribution < 1.29 is 46.5 Å². The van der Waals surface area contributed by atoms with Crippen LogP contribution in [0, 0.1) is 5.82 Å². The zero-order chi connectivity index (χ0) is 24.0. The minimum Gasteiger partial charge on any atom is -0.463 e. The summed E-state index contributed by atoms with van der Waals surface area (Å²) in [6.45, 7) is 1.06. The van der Waals surface area contributed by atoms with Crippen molar-refractivity contribution in [1.82, 2.24) is 0 Å². The van der Waals surface area contributed by atoms with E-state index in [-0.39, 0.29) is 35.7 Å². The molecule has 1 aliphatic carbocycles. The number of benzene rings is 1. The Kier molecular flexibility index (Phi) is 6.40. The monoisotopic (exact) mass is 505 g/mol. The number of halogens is 2. The highest BCUT2D eigenvalue weighted by molar-refractivity contribution is 7.93. The van der Waals surface area contributed by atoms with Crippen molar-refractivity contribution in [2.24, 2.45) is 0 Å². The van der Waals surface area contributed by atoms with E-state index in [2.05, 4.69) is 4.72 Å². The van der Waals surface area contributed by atoms with E-state index >= 15 is 0 Å². The number of carbonyl (C=O) groups excluding carboxylic acids is 2. The zero-order valence-electron chi connectivity index (χ0n) is 17.3. The van der Waals surface area contributed by atoms with Crippen molar-refractivity contribution in [2.75, 3.05) is 17.9 Å². The Morgan fingerprint density at radius 3 is 2.82 bits per heavy atom. The first kappa shape index (κ1) is 23.9. The van der Waals surface area contributed by atoms with Crippen LogP contribution >= 0.6 is 11.6 Å². The van der Waals surface area contributed by atoms with E-state index in [1.807, 2.05) is 0 Å². The van der Waals surface area contributed by atoms with E-state index < -0.39 is 63.7 Å². The fourth-order valence-corrected chi connectivity index (χ4v) is 5.90. The molecular weight excluding hydrogens is 485 g/mol. The Labute approximate surface area is 193 Å². The maximum absolute atomic E-state index is 13.3. The fourth-order valence-electron chi connectivity index (χ4n) is 4.08. The van der Waals surface area contributed by atoms with Gasteiger partial charge in [-0.05, 0) is 37.6 Å². The van der Waals surface area contributed by atoms with Crippen LogP contribution in [0.25, 0.3) is 0 Å². The second-order valence-electron chi connectivity index (χ2n) is 7.71. The lowest BCUT2D eigenvalue weighted by atomic mass is 9.94. The topological polar surface area (TPSA) is 137 Å². The highest BCUT2D eigenvalue weighted by Gasteiger charge is 2.60. The molecule has 5 atom stereocenters. The van der Waals surface area contributed by atoms with Crippen LogP contribution in [0.15, 0.2) is 29.8 Å². The molecule has 2 heterocycles. The molecule has 0 bridgehead atoms. The molecule has 2 N–H and O–H groups in total. The van der Waals surface area contributed by atoms with E-state index in [0.717, 1.165) is 18.2 Å². The molecule has 4 rings (SSSR count). The molecule has 2 fully saturated rings. The van der Waals surface area contributed by atoms with Gasteiger partial charge in [0.2, 0.25) is 10.0 Å². The van der Waals surface area contributed by atoms with Gasteiger partial charge in [-0.1, -0.05) is 11.6 Å². The largest absolute Gasteiger partial charge is 0.463 e. The Balaban J connectivity index is 1.66. The summed E-state index contributed by atoms with van der Waals surface area (Å²) in [5.41, 5.74) is -0.305. The van der Waals surface area contributed by atoms with Crippen LogP contribution in [0.1, 0.15) is 19.8 Å². The fraction of sp³-hybridized carbons (Fsp3) is 0.500. The highest BCUT2D eigenvalue weighted by atomic mass is 35.5. The SMILES string of the molecule is CCOC(=O)C1=CC2(CCC1S(=O)(=O)Nc1ccc(F)cc1Cl)O[C@@H]1[C@@H](CO)OC(=O)[C@@H]1O2. The van der Waals surface area contributed by atoms with Gasteiger partial charge in [-0.2, -0.15) is 0 Å². The van der Waals surface area contributed by atoms with Crippen molar-refractivity contribution in [1.29, 1.82) is 0 Å². The number of hydrogen-bond acceptors (Lipinski definition) is 9. The summed E-state index contributed by atoms with van der Waals surface area (Å²) < 4.78 is 63.6. The number of sulfonamides is 1. The number of nitrogens with one attached hydrogen (secondary N) is 1. The molecular formula is C20H21ClFNO9S. The van der Waals surface area contributed by atoms with E-state index in [4.69, 9.17) is 30.5 Å². The Hall–Kier alpha value is -2.25. The van der Waals surface area contributed by atoms with E-state index in [1.165, 1.54) is 6.08 Å². The molecule has 2 aliphatic heterocycles. The molecule has 1 aromatic rings. The van der Waals surface area contributed by atoms with E-state index in [9.17, 15) is 27.5 Å². The van der Waals surface area contributed by atoms with Gasteiger partial charge in [0.05, 0.1) is 29.5 Å². The van der Waals surface area contributed by atoms with Crippen LogP contribution < -0.4 is 4.72 Å². The molecule has 2 saturated heterocycles. The molecule has 3 aliphatic rings. The predicted octanol–water partition coefficient (Wildman–Crippen LogP) is 1.27. The summed E-state index contributed by atoms with van der Waals surface area (Å²) in [5, 5.41) is 7.91. The smallest absolute Gasteiger partial charge is 0.338 e. The lowest BCUT2D eigenvalue weighted by molar-refractivity contribution is -0.188. The number of aliphatic hydroxyl groups is 1. The third kappa shape index (κ3) is 4.45. The Morgan fingerprint density at radius 1 is 1.39 bits per heavy atom. The molecule has 10 nitrogen and oxygen atoms in total. The van der Waals surface area contributed by atoms with Crippen LogP contribution in [-0.4, -0.2) is 68.0 Å².